The van der Waals surface area contributed by atoms with E-state index in [-0.39, 0.29) is 5.41 Å². The van der Waals surface area contributed by atoms with Gasteiger partial charge in [0.25, 0.3) is 0 Å². The maximum Gasteiger partial charge on any atom is 0.0587 e. The maximum absolute atomic E-state index is 6.47. The number of nitrogens with one attached hydrogen (secondary N) is 1. The summed E-state index contributed by atoms with van der Waals surface area (Å²) in [6, 6.07) is 8.35. The summed E-state index contributed by atoms with van der Waals surface area (Å²) < 4.78 is 5.12. The number of halogens is 1. The van der Waals surface area contributed by atoms with Crippen molar-refractivity contribution in [1.29, 1.82) is 0 Å². The van der Waals surface area contributed by atoms with Crippen molar-refractivity contribution in [3.8, 4) is 0 Å². The molecule has 1 aliphatic carbocycles. The van der Waals surface area contributed by atoms with E-state index in [4.69, 9.17) is 16.3 Å². The standard InChI is InChI=1S/C17H26ClNO/c1-14-7-9-17(10-8-14,13-19-11-12-20-2)15-5-3-4-6-16(15)18/h3-6,14,19H,7-13H2,1-2H3. The SMILES string of the molecule is COCCNCC1(c2ccccc2Cl)CCC(C)CC1. The lowest BCUT2D eigenvalue weighted by atomic mass is 9.67. The lowest BCUT2D eigenvalue weighted by molar-refractivity contribution is 0.187. The Hall–Kier alpha value is -0.570. The molecular formula is C17H26ClNO. The Morgan fingerprint density at radius 2 is 2.00 bits per heavy atom. The maximum atomic E-state index is 6.47. The molecule has 2 rings (SSSR count). The van der Waals surface area contributed by atoms with E-state index in [0.717, 1.165) is 30.6 Å². The molecule has 0 spiro atoms. The summed E-state index contributed by atoms with van der Waals surface area (Å²) in [6.07, 6.45) is 5.02. The van der Waals surface area contributed by atoms with Crippen LogP contribution in [0.4, 0.5) is 0 Å². The van der Waals surface area contributed by atoms with Crippen molar-refractivity contribution in [2.75, 3.05) is 26.8 Å². The molecule has 112 valence electrons. The van der Waals surface area contributed by atoms with Gasteiger partial charge in [0.05, 0.1) is 6.61 Å². The highest BCUT2D eigenvalue weighted by molar-refractivity contribution is 6.31. The van der Waals surface area contributed by atoms with Gasteiger partial charge < -0.3 is 10.1 Å². The first-order valence-electron chi connectivity index (χ1n) is 7.62. The molecule has 0 aromatic heterocycles. The summed E-state index contributed by atoms with van der Waals surface area (Å²) >= 11 is 6.47. The van der Waals surface area contributed by atoms with Crippen LogP contribution in [0, 0.1) is 5.92 Å². The molecule has 1 fully saturated rings. The Balaban J connectivity index is 2.14. The molecule has 0 atom stereocenters. The molecule has 3 heteroatoms. The number of rotatable bonds is 6. The van der Waals surface area contributed by atoms with Gasteiger partial charge in [-0.25, -0.2) is 0 Å². The number of hydrogen-bond donors (Lipinski definition) is 1. The van der Waals surface area contributed by atoms with E-state index in [1.165, 1.54) is 31.2 Å². The highest BCUT2D eigenvalue weighted by atomic mass is 35.5. The van der Waals surface area contributed by atoms with Crippen LogP contribution in [0.25, 0.3) is 0 Å². The molecule has 1 aliphatic rings. The van der Waals surface area contributed by atoms with E-state index in [1.54, 1.807) is 7.11 Å². The molecule has 0 amide bonds. The van der Waals surface area contributed by atoms with Gasteiger partial charge in [-0.1, -0.05) is 36.7 Å². The zero-order chi connectivity index (χ0) is 14.4. The average Bonchev–Trinajstić information content (AvgIpc) is 2.47. The van der Waals surface area contributed by atoms with Gasteiger partial charge in [-0.3, -0.25) is 0 Å². The minimum atomic E-state index is 0.193. The van der Waals surface area contributed by atoms with Crippen LogP contribution in [0.2, 0.25) is 5.02 Å². The number of benzene rings is 1. The Morgan fingerprint density at radius 1 is 1.30 bits per heavy atom. The molecule has 0 unspecified atom stereocenters. The van der Waals surface area contributed by atoms with Gasteiger partial charge in [0, 0.05) is 30.6 Å². The molecule has 1 aromatic rings. The van der Waals surface area contributed by atoms with Crippen LogP contribution in [0.5, 0.6) is 0 Å². The fourth-order valence-electron chi connectivity index (χ4n) is 3.25. The van der Waals surface area contributed by atoms with Crippen LogP contribution in [0.15, 0.2) is 24.3 Å². The monoisotopic (exact) mass is 295 g/mol. The first-order chi connectivity index (χ1) is 9.68. The molecule has 1 N–H and O–H groups in total. The number of methoxy groups -OCH3 is 1. The third kappa shape index (κ3) is 3.75. The molecule has 20 heavy (non-hydrogen) atoms. The predicted molar refractivity (Wildman–Crippen MR) is 85.5 cm³/mol. The topological polar surface area (TPSA) is 21.3 Å². The summed E-state index contributed by atoms with van der Waals surface area (Å²) in [7, 11) is 1.74. The fourth-order valence-corrected chi connectivity index (χ4v) is 3.59. The Bertz CT molecular complexity index is 413. The van der Waals surface area contributed by atoms with E-state index >= 15 is 0 Å². The zero-order valence-corrected chi connectivity index (χ0v) is 13.4. The van der Waals surface area contributed by atoms with Crippen molar-refractivity contribution >= 4 is 11.6 Å². The molecule has 0 saturated heterocycles. The lowest BCUT2D eigenvalue weighted by Crippen LogP contribution is -2.42. The third-order valence-corrected chi connectivity index (χ3v) is 4.95. The Morgan fingerprint density at radius 3 is 2.65 bits per heavy atom. The van der Waals surface area contributed by atoms with Gasteiger partial charge >= 0.3 is 0 Å². The van der Waals surface area contributed by atoms with Crippen molar-refractivity contribution in [1.82, 2.24) is 5.32 Å². The summed E-state index contributed by atoms with van der Waals surface area (Å²) in [6.45, 7) is 5.01. The number of hydrogen-bond acceptors (Lipinski definition) is 2. The van der Waals surface area contributed by atoms with Crippen LogP contribution in [0.3, 0.4) is 0 Å². The average molecular weight is 296 g/mol. The third-order valence-electron chi connectivity index (χ3n) is 4.62. The summed E-state index contributed by atoms with van der Waals surface area (Å²) in [5, 5.41) is 4.47. The summed E-state index contributed by atoms with van der Waals surface area (Å²) in [5.41, 5.74) is 1.51. The van der Waals surface area contributed by atoms with E-state index in [9.17, 15) is 0 Å². The second-order valence-corrected chi connectivity index (χ2v) is 6.52. The first kappa shape index (κ1) is 15.8. The molecule has 0 bridgehead atoms. The quantitative estimate of drug-likeness (QED) is 0.800. The lowest BCUT2D eigenvalue weighted by Gasteiger charge is -2.41. The number of ether oxygens (including phenoxy) is 1. The van der Waals surface area contributed by atoms with Crippen molar-refractivity contribution in [3.05, 3.63) is 34.9 Å². The predicted octanol–water partition coefficient (Wildman–Crippen LogP) is 4.02. The highest BCUT2D eigenvalue weighted by Gasteiger charge is 2.36. The second kappa shape index (κ2) is 7.44. The van der Waals surface area contributed by atoms with E-state index in [0.29, 0.717) is 0 Å². The highest BCUT2D eigenvalue weighted by Crippen LogP contribution is 2.43. The van der Waals surface area contributed by atoms with Gasteiger partial charge in [0.1, 0.15) is 0 Å². The van der Waals surface area contributed by atoms with Gasteiger partial charge in [-0.15, -0.1) is 0 Å². The molecule has 1 saturated carbocycles. The molecule has 0 heterocycles. The van der Waals surface area contributed by atoms with Gasteiger partial charge in [-0.05, 0) is 43.2 Å². The van der Waals surface area contributed by atoms with Gasteiger partial charge in [-0.2, -0.15) is 0 Å². The molecule has 1 aromatic carbocycles. The zero-order valence-electron chi connectivity index (χ0n) is 12.6. The molecule has 0 aliphatic heterocycles. The summed E-state index contributed by atoms with van der Waals surface area (Å²) in [4.78, 5) is 0. The second-order valence-electron chi connectivity index (χ2n) is 6.11. The smallest absolute Gasteiger partial charge is 0.0587 e. The van der Waals surface area contributed by atoms with Crippen LogP contribution in [-0.2, 0) is 10.2 Å². The van der Waals surface area contributed by atoms with Crippen molar-refractivity contribution < 1.29 is 4.74 Å². The Kier molecular flexibility index (Phi) is 5.88. The van der Waals surface area contributed by atoms with Crippen LogP contribution in [-0.4, -0.2) is 26.8 Å². The van der Waals surface area contributed by atoms with Crippen LogP contribution < -0.4 is 5.32 Å². The first-order valence-corrected chi connectivity index (χ1v) is 8.00. The van der Waals surface area contributed by atoms with E-state index < -0.39 is 0 Å². The van der Waals surface area contributed by atoms with Crippen molar-refractivity contribution in [2.24, 2.45) is 5.92 Å². The summed E-state index contributed by atoms with van der Waals surface area (Å²) in [5.74, 6) is 0.838. The van der Waals surface area contributed by atoms with Crippen molar-refractivity contribution in [3.63, 3.8) is 0 Å². The van der Waals surface area contributed by atoms with Crippen molar-refractivity contribution in [2.45, 2.75) is 38.0 Å². The molecule has 2 nitrogen and oxygen atoms in total. The Labute approximate surface area is 127 Å². The minimum absolute atomic E-state index is 0.193. The van der Waals surface area contributed by atoms with E-state index in [2.05, 4.69) is 24.4 Å². The van der Waals surface area contributed by atoms with Crippen LogP contribution >= 0.6 is 11.6 Å². The van der Waals surface area contributed by atoms with Crippen LogP contribution in [0.1, 0.15) is 38.2 Å². The van der Waals surface area contributed by atoms with Gasteiger partial charge in [0.2, 0.25) is 0 Å². The van der Waals surface area contributed by atoms with Gasteiger partial charge in [0.15, 0.2) is 0 Å². The van der Waals surface area contributed by atoms with E-state index in [1.807, 2.05) is 12.1 Å². The fraction of sp³-hybridized carbons (Fsp3) is 0.647. The molecule has 0 radical (unpaired) electrons. The molecular weight excluding hydrogens is 270 g/mol. The normalized spacial score (nSPS) is 26.6. The largest absolute Gasteiger partial charge is 0.383 e. The minimum Gasteiger partial charge on any atom is -0.383 e.